The lowest BCUT2D eigenvalue weighted by Crippen LogP contribution is -2.47. The van der Waals surface area contributed by atoms with Gasteiger partial charge in [-0.25, -0.2) is 4.79 Å². The number of nitrogens with zero attached hydrogens (tertiary/aromatic N) is 2. The van der Waals surface area contributed by atoms with Crippen molar-refractivity contribution in [2.45, 2.75) is 25.4 Å². The van der Waals surface area contributed by atoms with Crippen molar-refractivity contribution < 1.29 is 4.79 Å². The van der Waals surface area contributed by atoms with Gasteiger partial charge in [0, 0.05) is 44.8 Å². The van der Waals surface area contributed by atoms with E-state index in [-0.39, 0.29) is 6.03 Å². The largest absolute Gasteiger partial charge is 0.331 e. The maximum absolute atomic E-state index is 11.8. The number of benzene rings is 1. The molecule has 20 heavy (non-hydrogen) atoms. The SMILES string of the molecule is CN(C)C(=O)N1CCC(NCc2cccc(Cl)c2)CC1. The number of carbonyl (C=O) groups is 1. The van der Waals surface area contributed by atoms with Gasteiger partial charge in [0.2, 0.25) is 0 Å². The molecule has 1 N–H and O–H groups in total. The Hall–Kier alpha value is -1.26. The molecule has 1 aromatic carbocycles. The Kier molecular flexibility index (Phi) is 5.26. The normalized spacial score (nSPS) is 16.2. The lowest BCUT2D eigenvalue weighted by molar-refractivity contribution is 0.152. The third-order valence-electron chi connectivity index (χ3n) is 3.63. The van der Waals surface area contributed by atoms with Crippen LogP contribution in [0.4, 0.5) is 4.79 Å². The summed E-state index contributed by atoms with van der Waals surface area (Å²) in [6.45, 7) is 2.47. The Balaban J connectivity index is 1.76. The van der Waals surface area contributed by atoms with Crippen molar-refractivity contribution in [2.24, 2.45) is 0 Å². The van der Waals surface area contributed by atoms with Crippen molar-refractivity contribution in [1.82, 2.24) is 15.1 Å². The van der Waals surface area contributed by atoms with Crippen molar-refractivity contribution in [3.05, 3.63) is 34.9 Å². The number of hydrogen-bond donors (Lipinski definition) is 1. The Labute approximate surface area is 125 Å². The van der Waals surface area contributed by atoms with E-state index in [1.54, 1.807) is 19.0 Å². The second-order valence-electron chi connectivity index (χ2n) is 5.45. The molecule has 5 heteroatoms. The van der Waals surface area contributed by atoms with Crippen LogP contribution in [0.25, 0.3) is 0 Å². The van der Waals surface area contributed by atoms with Crippen molar-refractivity contribution in [3.8, 4) is 0 Å². The fourth-order valence-corrected chi connectivity index (χ4v) is 2.68. The summed E-state index contributed by atoms with van der Waals surface area (Å²) in [5.41, 5.74) is 1.20. The average Bonchev–Trinajstić information content (AvgIpc) is 2.45. The second kappa shape index (κ2) is 6.95. The topological polar surface area (TPSA) is 35.6 Å². The zero-order valence-electron chi connectivity index (χ0n) is 12.1. The number of piperidine rings is 1. The molecule has 1 aromatic rings. The first-order valence-electron chi connectivity index (χ1n) is 7.00. The summed E-state index contributed by atoms with van der Waals surface area (Å²) in [6, 6.07) is 8.50. The van der Waals surface area contributed by atoms with Gasteiger partial charge in [-0.05, 0) is 30.5 Å². The highest BCUT2D eigenvalue weighted by Crippen LogP contribution is 2.14. The second-order valence-corrected chi connectivity index (χ2v) is 5.89. The molecule has 0 atom stereocenters. The van der Waals surface area contributed by atoms with Crippen LogP contribution in [-0.4, -0.2) is 49.1 Å². The molecular weight excluding hydrogens is 274 g/mol. The molecule has 0 aromatic heterocycles. The highest BCUT2D eigenvalue weighted by molar-refractivity contribution is 6.30. The minimum absolute atomic E-state index is 0.110. The quantitative estimate of drug-likeness (QED) is 0.930. The van der Waals surface area contributed by atoms with E-state index in [0.29, 0.717) is 6.04 Å². The summed E-state index contributed by atoms with van der Waals surface area (Å²) in [4.78, 5) is 15.4. The molecule has 2 amide bonds. The number of carbonyl (C=O) groups excluding carboxylic acids is 1. The van der Waals surface area contributed by atoms with E-state index in [1.807, 2.05) is 23.1 Å². The Bertz CT molecular complexity index is 456. The van der Waals surface area contributed by atoms with Crippen LogP contribution in [0.3, 0.4) is 0 Å². The van der Waals surface area contributed by atoms with Gasteiger partial charge in [-0.15, -0.1) is 0 Å². The van der Waals surface area contributed by atoms with E-state index >= 15 is 0 Å². The molecule has 2 rings (SSSR count). The monoisotopic (exact) mass is 295 g/mol. The standard InChI is InChI=1S/C15H22ClN3O/c1-18(2)15(20)19-8-6-14(7-9-19)17-11-12-4-3-5-13(16)10-12/h3-5,10,14,17H,6-9,11H2,1-2H3. The molecule has 1 aliphatic heterocycles. The third-order valence-corrected chi connectivity index (χ3v) is 3.87. The smallest absolute Gasteiger partial charge is 0.319 e. The number of nitrogens with one attached hydrogen (secondary N) is 1. The first kappa shape index (κ1) is 15.1. The van der Waals surface area contributed by atoms with E-state index in [1.165, 1.54) is 5.56 Å². The molecule has 0 aliphatic carbocycles. The van der Waals surface area contributed by atoms with E-state index in [9.17, 15) is 4.79 Å². The fraction of sp³-hybridized carbons (Fsp3) is 0.533. The minimum atomic E-state index is 0.110. The van der Waals surface area contributed by atoms with Gasteiger partial charge in [-0.1, -0.05) is 23.7 Å². The fourth-order valence-electron chi connectivity index (χ4n) is 2.47. The zero-order chi connectivity index (χ0) is 14.5. The number of rotatable bonds is 3. The number of urea groups is 1. The predicted molar refractivity (Wildman–Crippen MR) is 82.0 cm³/mol. The third kappa shape index (κ3) is 4.12. The highest BCUT2D eigenvalue weighted by Gasteiger charge is 2.23. The van der Waals surface area contributed by atoms with Crippen molar-refractivity contribution >= 4 is 17.6 Å². The summed E-state index contributed by atoms with van der Waals surface area (Å²) < 4.78 is 0. The van der Waals surface area contributed by atoms with Gasteiger partial charge in [0.25, 0.3) is 0 Å². The summed E-state index contributed by atoms with van der Waals surface area (Å²) in [5.74, 6) is 0. The van der Waals surface area contributed by atoms with E-state index in [0.717, 1.165) is 37.5 Å². The van der Waals surface area contributed by atoms with E-state index in [4.69, 9.17) is 11.6 Å². The molecule has 1 aliphatic rings. The summed E-state index contributed by atoms with van der Waals surface area (Å²) in [6.07, 6.45) is 2.00. The van der Waals surface area contributed by atoms with Crippen LogP contribution < -0.4 is 5.32 Å². The van der Waals surface area contributed by atoms with Crippen LogP contribution in [-0.2, 0) is 6.54 Å². The van der Waals surface area contributed by atoms with Crippen LogP contribution in [0.5, 0.6) is 0 Å². The van der Waals surface area contributed by atoms with Crippen molar-refractivity contribution in [3.63, 3.8) is 0 Å². The molecular formula is C15H22ClN3O. The maximum atomic E-state index is 11.8. The summed E-state index contributed by atoms with van der Waals surface area (Å²) >= 11 is 5.97. The molecule has 0 saturated carbocycles. The molecule has 0 unspecified atom stereocenters. The van der Waals surface area contributed by atoms with Gasteiger partial charge >= 0.3 is 6.03 Å². The summed E-state index contributed by atoms with van der Waals surface area (Å²) in [7, 11) is 3.59. The van der Waals surface area contributed by atoms with E-state index < -0.39 is 0 Å². The molecule has 1 saturated heterocycles. The number of halogens is 1. The van der Waals surface area contributed by atoms with Crippen molar-refractivity contribution in [2.75, 3.05) is 27.2 Å². The van der Waals surface area contributed by atoms with Gasteiger partial charge in [0.05, 0.1) is 0 Å². The van der Waals surface area contributed by atoms with Crippen LogP contribution in [0.15, 0.2) is 24.3 Å². The first-order valence-corrected chi connectivity index (χ1v) is 7.38. The predicted octanol–water partition coefficient (Wildman–Crippen LogP) is 2.58. The number of hydrogen-bond acceptors (Lipinski definition) is 2. The van der Waals surface area contributed by atoms with Gasteiger partial charge in [0.1, 0.15) is 0 Å². The van der Waals surface area contributed by atoms with Crippen LogP contribution >= 0.6 is 11.6 Å². The highest BCUT2D eigenvalue weighted by atomic mass is 35.5. The van der Waals surface area contributed by atoms with Crippen LogP contribution in [0, 0.1) is 0 Å². The summed E-state index contributed by atoms with van der Waals surface area (Å²) in [5, 5.41) is 4.32. The molecule has 4 nitrogen and oxygen atoms in total. The number of amides is 2. The lowest BCUT2D eigenvalue weighted by Gasteiger charge is -2.34. The van der Waals surface area contributed by atoms with E-state index in [2.05, 4.69) is 11.4 Å². The lowest BCUT2D eigenvalue weighted by atomic mass is 10.0. The van der Waals surface area contributed by atoms with Crippen molar-refractivity contribution in [1.29, 1.82) is 0 Å². The molecule has 0 radical (unpaired) electrons. The molecule has 110 valence electrons. The van der Waals surface area contributed by atoms with Crippen LogP contribution in [0.1, 0.15) is 18.4 Å². The Morgan fingerprint density at radius 1 is 1.40 bits per heavy atom. The van der Waals surface area contributed by atoms with Gasteiger partial charge in [0.15, 0.2) is 0 Å². The minimum Gasteiger partial charge on any atom is -0.331 e. The Morgan fingerprint density at radius 3 is 2.70 bits per heavy atom. The van der Waals surface area contributed by atoms with Gasteiger partial charge < -0.3 is 15.1 Å². The van der Waals surface area contributed by atoms with Crippen LogP contribution in [0.2, 0.25) is 5.02 Å². The van der Waals surface area contributed by atoms with Gasteiger partial charge in [-0.2, -0.15) is 0 Å². The number of likely N-dealkylation sites (tertiary alicyclic amines) is 1. The average molecular weight is 296 g/mol. The first-order chi connectivity index (χ1) is 9.56. The Morgan fingerprint density at radius 2 is 2.10 bits per heavy atom. The maximum Gasteiger partial charge on any atom is 0.319 e. The molecule has 0 spiro atoms. The molecule has 0 bridgehead atoms. The molecule has 1 fully saturated rings. The van der Waals surface area contributed by atoms with Gasteiger partial charge in [-0.3, -0.25) is 0 Å². The zero-order valence-corrected chi connectivity index (χ0v) is 12.9. The molecule has 1 heterocycles.